The average molecular weight is 445 g/mol. The average Bonchev–Trinajstić information content (AvgIpc) is 2.64. The molecule has 0 aromatic heterocycles. The molecule has 3 rings (SSSR count). The smallest absolute Gasteiger partial charge is 0.480 e. The SMILES string of the molecule is O=C(O)CN1C(=O)C(F)(F)Oc2cc(F)c(-c3c(F)c(F)c(F)c(F)c3F)c(F)c21. The third kappa shape index (κ3) is 2.98. The van der Waals surface area contributed by atoms with Crippen molar-refractivity contribution in [3.05, 3.63) is 46.8 Å². The number of fused-ring (bicyclic) bond motifs is 1. The predicted molar refractivity (Wildman–Crippen MR) is 77.1 cm³/mol. The highest BCUT2D eigenvalue weighted by molar-refractivity contribution is 6.04. The van der Waals surface area contributed by atoms with Crippen LogP contribution in [-0.4, -0.2) is 29.6 Å². The molecule has 0 aliphatic carbocycles. The molecule has 1 heterocycles. The molecule has 2 aromatic carbocycles. The fourth-order valence-corrected chi connectivity index (χ4v) is 2.70. The van der Waals surface area contributed by atoms with Gasteiger partial charge in [0.2, 0.25) is 5.82 Å². The van der Waals surface area contributed by atoms with E-state index in [4.69, 9.17) is 5.11 Å². The minimum atomic E-state index is -4.77. The monoisotopic (exact) mass is 445 g/mol. The Kier molecular flexibility index (Phi) is 4.83. The number of alkyl halides is 2. The number of hydrogen-bond acceptors (Lipinski definition) is 3. The maximum absolute atomic E-state index is 14.9. The number of rotatable bonds is 3. The summed E-state index contributed by atoms with van der Waals surface area (Å²) in [6.45, 7) is -1.64. The molecule has 0 bridgehead atoms. The van der Waals surface area contributed by atoms with E-state index in [1.165, 1.54) is 0 Å². The first-order valence-corrected chi connectivity index (χ1v) is 7.44. The molecule has 0 saturated carbocycles. The Morgan fingerprint density at radius 3 is 1.90 bits per heavy atom. The Labute approximate surface area is 158 Å². The fraction of sp³-hybridized carbons (Fsp3) is 0.125. The van der Waals surface area contributed by atoms with Gasteiger partial charge in [0.1, 0.15) is 18.0 Å². The highest BCUT2D eigenvalue weighted by atomic mass is 19.3. The zero-order valence-corrected chi connectivity index (χ0v) is 13.8. The normalized spacial score (nSPS) is 15.1. The molecule has 1 aliphatic rings. The van der Waals surface area contributed by atoms with Gasteiger partial charge >= 0.3 is 18.0 Å². The summed E-state index contributed by atoms with van der Waals surface area (Å²) in [5, 5.41) is 8.77. The second kappa shape index (κ2) is 6.81. The van der Waals surface area contributed by atoms with Crippen molar-refractivity contribution >= 4 is 17.6 Å². The standard InChI is InChI=1S/C16H4F9NO4/c17-3-1-4-14(26(2-5(27)28)15(29)16(24,25)30-4)10(20)6(3)7-8(18)11(21)13(23)12(22)9(7)19/h1H,2H2,(H,27,28). The zero-order chi connectivity index (χ0) is 22.7. The van der Waals surface area contributed by atoms with E-state index < -0.39 is 92.7 Å². The summed E-state index contributed by atoms with van der Waals surface area (Å²) in [6, 6.07) is -0.124. The van der Waals surface area contributed by atoms with E-state index in [-0.39, 0.29) is 6.07 Å². The van der Waals surface area contributed by atoms with Crippen molar-refractivity contribution in [2.45, 2.75) is 6.11 Å². The van der Waals surface area contributed by atoms with Gasteiger partial charge in [0.25, 0.3) is 0 Å². The van der Waals surface area contributed by atoms with Gasteiger partial charge < -0.3 is 9.84 Å². The molecule has 0 fully saturated rings. The molecule has 1 N–H and O–H groups in total. The molecule has 0 spiro atoms. The van der Waals surface area contributed by atoms with E-state index >= 15 is 0 Å². The van der Waals surface area contributed by atoms with Crippen LogP contribution in [-0.2, 0) is 9.59 Å². The van der Waals surface area contributed by atoms with E-state index in [1.807, 2.05) is 0 Å². The van der Waals surface area contributed by atoms with Gasteiger partial charge in [-0.25, -0.2) is 30.7 Å². The van der Waals surface area contributed by atoms with Gasteiger partial charge in [0.15, 0.2) is 34.8 Å². The van der Waals surface area contributed by atoms with Crippen LogP contribution >= 0.6 is 0 Å². The first-order valence-electron chi connectivity index (χ1n) is 7.44. The number of carbonyl (C=O) groups is 2. The fourth-order valence-electron chi connectivity index (χ4n) is 2.70. The van der Waals surface area contributed by atoms with Crippen molar-refractivity contribution < 1.29 is 58.9 Å². The van der Waals surface area contributed by atoms with Crippen LogP contribution < -0.4 is 9.64 Å². The molecular weight excluding hydrogens is 441 g/mol. The number of carboxylic acid groups (broad SMARTS) is 1. The molecule has 0 radical (unpaired) electrons. The lowest BCUT2D eigenvalue weighted by molar-refractivity contribution is -0.193. The summed E-state index contributed by atoms with van der Waals surface area (Å²) in [6.07, 6.45) is -4.77. The van der Waals surface area contributed by atoms with Crippen LogP contribution in [0.4, 0.5) is 45.2 Å². The summed E-state index contributed by atoms with van der Waals surface area (Å²) >= 11 is 0. The van der Waals surface area contributed by atoms with Crippen molar-refractivity contribution in [2.24, 2.45) is 0 Å². The van der Waals surface area contributed by atoms with Crippen LogP contribution in [0.5, 0.6) is 5.75 Å². The van der Waals surface area contributed by atoms with Gasteiger partial charge in [0.05, 0.1) is 11.1 Å². The highest BCUT2D eigenvalue weighted by Crippen LogP contribution is 2.46. The second-order valence-corrected chi connectivity index (χ2v) is 5.74. The first kappa shape index (κ1) is 21.3. The summed E-state index contributed by atoms with van der Waals surface area (Å²) in [5.41, 5.74) is -5.54. The molecule has 0 unspecified atom stereocenters. The largest absolute Gasteiger partial charge is 0.483 e. The molecular formula is C16H4F9NO4. The number of anilines is 1. The Hall–Kier alpha value is -3.45. The number of hydrogen-bond donors (Lipinski definition) is 1. The van der Waals surface area contributed by atoms with Crippen LogP contribution in [0.1, 0.15) is 0 Å². The Morgan fingerprint density at radius 2 is 1.40 bits per heavy atom. The highest BCUT2D eigenvalue weighted by Gasteiger charge is 2.52. The Bertz CT molecular complexity index is 1090. The van der Waals surface area contributed by atoms with Crippen molar-refractivity contribution in [1.82, 2.24) is 0 Å². The van der Waals surface area contributed by atoms with Crippen LogP contribution in [0.2, 0.25) is 0 Å². The Morgan fingerprint density at radius 1 is 0.900 bits per heavy atom. The third-order valence-corrected chi connectivity index (χ3v) is 3.91. The van der Waals surface area contributed by atoms with Crippen molar-refractivity contribution in [1.29, 1.82) is 0 Å². The molecule has 160 valence electrons. The molecule has 1 amide bonds. The lowest BCUT2D eigenvalue weighted by Gasteiger charge is -2.33. The van der Waals surface area contributed by atoms with E-state index in [2.05, 4.69) is 4.74 Å². The number of amides is 1. The summed E-state index contributed by atoms with van der Waals surface area (Å²) in [5.74, 6) is -23.3. The molecule has 14 heteroatoms. The Balaban J connectivity index is 2.40. The molecule has 30 heavy (non-hydrogen) atoms. The maximum atomic E-state index is 14.9. The lowest BCUT2D eigenvalue weighted by atomic mass is 9.99. The number of carbonyl (C=O) groups excluding carboxylic acids is 1. The number of nitrogens with zero attached hydrogens (tertiary/aromatic N) is 1. The van der Waals surface area contributed by atoms with Gasteiger partial charge in [-0.05, 0) is 0 Å². The van der Waals surface area contributed by atoms with Gasteiger partial charge in [-0.1, -0.05) is 0 Å². The predicted octanol–water partition coefficient (Wildman–Crippen LogP) is 3.73. The number of carboxylic acids is 1. The number of aliphatic carboxylic acids is 1. The van der Waals surface area contributed by atoms with Gasteiger partial charge in [-0.2, -0.15) is 8.78 Å². The van der Waals surface area contributed by atoms with Crippen molar-refractivity contribution in [3.8, 4) is 16.9 Å². The molecule has 5 nitrogen and oxygen atoms in total. The van der Waals surface area contributed by atoms with E-state index in [1.54, 1.807) is 0 Å². The lowest BCUT2D eigenvalue weighted by Crippen LogP contribution is -2.52. The third-order valence-electron chi connectivity index (χ3n) is 3.91. The van der Waals surface area contributed by atoms with Crippen LogP contribution in [0, 0.1) is 40.7 Å². The summed E-state index contributed by atoms with van der Waals surface area (Å²) in [4.78, 5) is 22.2. The zero-order valence-electron chi connectivity index (χ0n) is 13.8. The number of halogens is 9. The molecule has 2 aromatic rings. The number of benzene rings is 2. The minimum absolute atomic E-state index is 0.124. The van der Waals surface area contributed by atoms with E-state index in [9.17, 15) is 49.1 Å². The molecule has 0 atom stereocenters. The second-order valence-electron chi connectivity index (χ2n) is 5.74. The van der Waals surface area contributed by atoms with Crippen LogP contribution in [0.15, 0.2) is 6.07 Å². The van der Waals surface area contributed by atoms with Gasteiger partial charge in [-0.3, -0.25) is 14.5 Å². The van der Waals surface area contributed by atoms with Crippen LogP contribution in [0.3, 0.4) is 0 Å². The minimum Gasteiger partial charge on any atom is -0.480 e. The first-order chi connectivity index (χ1) is 13.8. The van der Waals surface area contributed by atoms with Gasteiger partial charge in [0, 0.05) is 6.07 Å². The topological polar surface area (TPSA) is 66.8 Å². The molecule has 1 aliphatic heterocycles. The van der Waals surface area contributed by atoms with E-state index in [0.29, 0.717) is 0 Å². The maximum Gasteiger partial charge on any atom is 0.483 e. The van der Waals surface area contributed by atoms with Crippen LogP contribution in [0.25, 0.3) is 11.1 Å². The quantitative estimate of drug-likeness (QED) is 0.445. The van der Waals surface area contributed by atoms with E-state index in [0.717, 1.165) is 0 Å². The summed E-state index contributed by atoms with van der Waals surface area (Å²) in [7, 11) is 0. The van der Waals surface area contributed by atoms with Gasteiger partial charge in [-0.15, -0.1) is 0 Å². The number of ether oxygens (including phenoxy) is 1. The summed E-state index contributed by atoms with van der Waals surface area (Å²) < 4.78 is 128. The molecule has 0 saturated heterocycles. The van der Waals surface area contributed by atoms with Crippen molar-refractivity contribution in [3.63, 3.8) is 0 Å². The van der Waals surface area contributed by atoms with Crippen molar-refractivity contribution in [2.75, 3.05) is 11.4 Å².